The highest BCUT2D eigenvalue weighted by atomic mass is 16.7. The average molecular weight is 349 g/mol. The van der Waals surface area contributed by atoms with Gasteiger partial charge in [-0.3, -0.25) is 4.79 Å². The van der Waals surface area contributed by atoms with E-state index < -0.39 is 29.9 Å². The summed E-state index contributed by atoms with van der Waals surface area (Å²) in [6, 6.07) is -0.194. The van der Waals surface area contributed by atoms with Crippen LogP contribution in [0, 0.1) is 5.92 Å². The molecular formula is C18H23NO6. The molecule has 0 aromatic carbocycles. The number of carbonyl (C=O) groups is 3. The zero-order chi connectivity index (χ0) is 18.4. The molecule has 0 bridgehead atoms. The van der Waals surface area contributed by atoms with Crippen LogP contribution in [0.3, 0.4) is 0 Å². The third-order valence-electron chi connectivity index (χ3n) is 4.53. The Morgan fingerprint density at radius 1 is 1.32 bits per heavy atom. The van der Waals surface area contributed by atoms with Gasteiger partial charge in [-0.05, 0) is 40.5 Å². The van der Waals surface area contributed by atoms with Crippen LogP contribution in [0.2, 0.25) is 0 Å². The van der Waals surface area contributed by atoms with E-state index in [0.29, 0.717) is 11.1 Å². The second-order valence-electron chi connectivity index (χ2n) is 7.59. The van der Waals surface area contributed by atoms with Gasteiger partial charge in [0.05, 0.1) is 17.9 Å². The summed E-state index contributed by atoms with van der Waals surface area (Å²) in [5.74, 6) is -0.897. The minimum Gasteiger partial charge on any atom is -0.458 e. The van der Waals surface area contributed by atoms with E-state index in [2.05, 4.69) is 0 Å². The molecule has 3 atom stereocenters. The predicted octanol–water partition coefficient (Wildman–Crippen LogP) is 2.66. The topological polar surface area (TPSA) is 82.1 Å². The fraction of sp³-hybridized carbons (Fsp3) is 0.611. The molecule has 0 radical (unpaired) electrons. The average Bonchev–Trinajstić information content (AvgIpc) is 3.11. The van der Waals surface area contributed by atoms with E-state index in [1.54, 1.807) is 33.8 Å². The van der Waals surface area contributed by atoms with Crippen LogP contribution in [0.4, 0.5) is 4.79 Å². The largest absolute Gasteiger partial charge is 0.458 e. The molecule has 136 valence electrons. The van der Waals surface area contributed by atoms with Crippen molar-refractivity contribution >= 4 is 18.0 Å². The number of fused-ring (bicyclic) bond motifs is 1. The maximum absolute atomic E-state index is 12.7. The van der Waals surface area contributed by atoms with Crippen LogP contribution in [0.15, 0.2) is 23.5 Å². The minimum absolute atomic E-state index is 0.0674. The molecule has 1 aliphatic carbocycles. The molecule has 2 fully saturated rings. The summed E-state index contributed by atoms with van der Waals surface area (Å²) in [4.78, 5) is 37.8. The van der Waals surface area contributed by atoms with Crippen molar-refractivity contribution in [1.29, 1.82) is 0 Å². The van der Waals surface area contributed by atoms with Crippen LogP contribution < -0.4 is 0 Å². The van der Waals surface area contributed by atoms with Gasteiger partial charge in [0, 0.05) is 17.6 Å². The Hall–Kier alpha value is -2.31. The van der Waals surface area contributed by atoms with Crippen LogP contribution in [0.25, 0.3) is 0 Å². The van der Waals surface area contributed by atoms with Gasteiger partial charge < -0.3 is 14.2 Å². The number of amides is 2. The number of carbonyl (C=O) groups excluding carboxylic acids is 3. The Morgan fingerprint density at radius 2 is 2.04 bits per heavy atom. The van der Waals surface area contributed by atoms with E-state index in [9.17, 15) is 14.4 Å². The molecule has 0 spiro atoms. The Bertz CT molecular complexity index is 672. The smallest absolute Gasteiger partial charge is 0.417 e. The monoisotopic (exact) mass is 349 g/mol. The van der Waals surface area contributed by atoms with Crippen molar-refractivity contribution < 1.29 is 28.6 Å². The van der Waals surface area contributed by atoms with Gasteiger partial charge in [-0.1, -0.05) is 6.42 Å². The Kier molecular flexibility index (Phi) is 4.34. The number of nitrogens with zero attached hydrogens (tertiary/aromatic N) is 1. The third-order valence-corrected chi connectivity index (χ3v) is 4.53. The first-order valence-electron chi connectivity index (χ1n) is 8.49. The Morgan fingerprint density at radius 3 is 2.64 bits per heavy atom. The quantitative estimate of drug-likeness (QED) is 0.433. The highest BCUT2D eigenvalue weighted by Crippen LogP contribution is 2.42. The van der Waals surface area contributed by atoms with Crippen molar-refractivity contribution in [1.82, 2.24) is 4.90 Å². The van der Waals surface area contributed by atoms with E-state index in [0.717, 1.165) is 19.3 Å². The van der Waals surface area contributed by atoms with Crippen molar-refractivity contribution in [2.45, 2.75) is 64.9 Å². The number of hydrogen-bond donors (Lipinski definition) is 0. The molecule has 3 aliphatic rings. The molecule has 3 unspecified atom stereocenters. The third kappa shape index (κ3) is 3.41. The van der Waals surface area contributed by atoms with E-state index in [-0.39, 0.29) is 12.0 Å². The molecule has 0 aromatic rings. The number of cyclic esters (lactones) is 1. The van der Waals surface area contributed by atoms with Gasteiger partial charge in [0.1, 0.15) is 5.60 Å². The van der Waals surface area contributed by atoms with E-state index in [1.807, 2.05) is 0 Å². The molecule has 7 nitrogen and oxygen atoms in total. The molecule has 2 heterocycles. The minimum atomic E-state index is -0.830. The van der Waals surface area contributed by atoms with Crippen molar-refractivity contribution in [2.24, 2.45) is 5.92 Å². The molecule has 1 saturated carbocycles. The zero-order valence-electron chi connectivity index (χ0n) is 14.9. The molecule has 1 saturated heterocycles. The maximum Gasteiger partial charge on any atom is 0.417 e. The highest BCUT2D eigenvalue weighted by Gasteiger charge is 2.50. The van der Waals surface area contributed by atoms with Crippen LogP contribution in [0.1, 0.15) is 47.0 Å². The van der Waals surface area contributed by atoms with Gasteiger partial charge in [0.2, 0.25) is 0 Å². The van der Waals surface area contributed by atoms with Crippen LogP contribution in [-0.4, -0.2) is 40.8 Å². The summed E-state index contributed by atoms with van der Waals surface area (Å²) in [6.45, 7) is 6.93. The van der Waals surface area contributed by atoms with Gasteiger partial charge in [-0.15, -0.1) is 0 Å². The molecule has 0 N–H and O–H groups in total. The number of likely N-dealkylation sites (tertiary alicyclic amines) is 1. The first kappa shape index (κ1) is 17.5. The summed E-state index contributed by atoms with van der Waals surface area (Å²) in [5.41, 5.74) is 0.229. The number of hydrogen-bond acceptors (Lipinski definition) is 6. The highest BCUT2D eigenvalue weighted by molar-refractivity contribution is 6.05. The molecule has 0 aromatic heterocycles. The molecular weight excluding hydrogens is 326 g/mol. The van der Waals surface area contributed by atoms with Crippen LogP contribution >= 0.6 is 0 Å². The lowest BCUT2D eigenvalue weighted by atomic mass is 9.99. The number of rotatable bonds is 2. The van der Waals surface area contributed by atoms with Crippen molar-refractivity contribution in [3.63, 3.8) is 0 Å². The lowest BCUT2D eigenvalue weighted by molar-refractivity contribution is -0.152. The zero-order valence-corrected chi connectivity index (χ0v) is 14.9. The lowest BCUT2D eigenvalue weighted by Crippen LogP contribution is -2.42. The SMILES string of the molecule is CC1=CC(O/C=C2/C(=O)N(C(=O)OC(C)(C)C)C3CCCC23)OC1=O. The second kappa shape index (κ2) is 6.20. The van der Waals surface area contributed by atoms with Gasteiger partial charge in [-0.25, -0.2) is 14.5 Å². The van der Waals surface area contributed by atoms with Crippen LogP contribution in [-0.2, 0) is 23.8 Å². The molecule has 7 heteroatoms. The van der Waals surface area contributed by atoms with Gasteiger partial charge in [-0.2, -0.15) is 0 Å². The van der Waals surface area contributed by atoms with Gasteiger partial charge in [0.15, 0.2) is 0 Å². The summed E-state index contributed by atoms with van der Waals surface area (Å²) < 4.78 is 15.8. The number of imide groups is 1. The first-order chi connectivity index (χ1) is 11.7. The van der Waals surface area contributed by atoms with Crippen LogP contribution in [0.5, 0.6) is 0 Å². The second-order valence-corrected chi connectivity index (χ2v) is 7.59. The van der Waals surface area contributed by atoms with E-state index in [4.69, 9.17) is 14.2 Å². The number of esters is 1. The molecule has 2 amide bonds. The first-order valence-corrected chi connectivity index (χ1v) is 8.49. The summed E-state index contributed by atoms with van der Waals surface area (Å²) in [6.07, 6.45) is 3.93. The fourth-order valence-corrected chi connectivity index (χ4v) is 3.44. The standard InChI is InChI=1S/C18H23NO6/c1-10-8-14(24-16(10)21)23-9-12-11-6-5-7-13(11)19(15(12)20)17(22)25-18(2,3)4/h8-9,11,13-14H,5-7H2,1-4H3/b12-9+. The fourth-order valence-electron chi connectivity index (χ4n) is 3.44. The van der Waals surface area contributed by atoms with Crippen molar-refractivity contribution in [3.8, 4) is 0 Å². The predicted molar refractivity (Wildman–Crippen MR) is 87.0 cm³/mol. The Labute approximate surface area is 146 Å². The summed E-state index contributed by atoms with van der Waals surface area (Å²) in [7, 11) is 0. The Balaban J connectivity index is 1.77. The molecule has 25 heavy (non-hydrogen) atoms. The lowest BCUT2D eigenvalue weighted by Gasteiger charge is -2.26. The van der Waals surface area contributed by atoms with Gasteiger partial charge in [0.25, 0.3) is 12.2 Å². The van der Waals surface area contributed by atoms with E-state index in [1.165, 1.54) is 11.2 Å². The van der Waals surface area contributed by atoms with Gasteiger partial charge >= 0.3 is 12.1 Å². The van der Waals surface area contributed by atoms with Crippen molar-refractivity contribution in [3.05, 3.63) is 23.5 Å². The summed E-state index contributed by atoms with van der Waals surface area (Å²) in [5, 5.41) is 0. The summed E-state index contributed by atoms with van der Waals surface area (Å²) >= 11 is 0. The maximum atomic E-state index is 12.7. The molecule has 2 aliphatic heterocycles. The normalized spacial score (nSPS) is 30.4. The van der Waals surface area contributed by atoms with Crippen molar-refractivity contribution in [2.75, 3.05) is 0 Å². The number of ether oxygens (including phenoxy) is 3. The van der Waals surface area contributed by atoms with E-state index >= 15 is 0 Å². The molecule has 3 rings (SSSR count).